The number of benzene rings is 1. The summed E-state index contributed by atoms with van der Waals surface area (Å²) in [5, 5.41) is 3.67. The van der Waals surface area contributed by atoms with Crippen LogP contribution in [0.15, 0.2) is 30.3 Å². The molecule has 0 spiro atoms. The third kappa shape index (κ3) is 4.30. The largest absolute Gasteiger partial charge is 0.374 e. The van der Waals surface area contributed by atoms with Gasteiger partial charge in [-0.25, -0.2) is 0 Å². The Kier molecular flexibility index (Phi) is 5.37. The number of likely N-dealkylation sites (N-methyl/N-ethyl adjacent to an activating group) is 1. The summed E-state index contributed by atoms with van der Waals surface area (Å²) >= 11 is 0. The van der Waals surface area contributed by atoms with Crippen LogP contribution in [-0.2, 0) is 4.74 Å². The number of nitrogens with zero attached hydrogens (tertiary/aromatic N) is 1. The fourth-order valence-corrected chi connectivity index (χ4v) is 2.65. The zero-order valence-corrected chi connectivity index (χ0v) is 12.3. The molecule has 0 bridgehead atoms. The van der Waals surface area contributed by atoms with E-state index in [4.69, 9.17) is 4.74 Å². The molecule has 2 atom stereocenters. The molecule has 0 saturated carbocycles. The van der Waals surface area contributed by atoms with E-state index < -0.39 is 0 Å². The van der Waals surface area contributed by atoms with Crippen LogP contribution in [-0.4, -0.2) is 44.3 Å². The van der Waals surface area contributed by atoms with Gasteiger partial charge < -0.3 is 15.0 Å². The van der Waals surface area contributed by atoms with E-state index in [2.05, 4.69) is 61.4 Å². The van der Waals surface area contributed by atoms with Crippen LogP contribution in [0.5, 0.6) is 0 Å². The van der Waals surface area contributed by atoms with Crippen LogP contribution in [0.3, 0.4) is 0 Å². The Morgan fingerprint density at radius 1 is 1.32 bits per heavy atom. The van der Waals surface area contributed by atoms with Crippen molar-refractivity contribution in [1.29, 1.82) is 0 Å². The van der Waals surface area contributed by atoms with Gasteiger partial charge in [-0.1, -0.05) is 44.2 Å². The summed E-state index contributed by atoms with van der Waals surface area (Å²) in [5.41, 5.74) is 1.36. The Morgan fingerprint density at radius 3 is 2.68 bits per heavy atom. The fourth-order valence-electron chi connectivity index (χ4n) is 2.65. The van der Waals surface area contributed by atoms with Gasteiger partial charge in [0.2, 0.25) is 0 Å². The second-order valence-corrected chi connectivity index (χ2v) is 5.80. The highest BCUT2D eigenvalue weighted by atomic mass is 16.5. The molecule has 1 aromatic rings. The number of rotatable bonds is 5. The Bertz CT molecular complexity index is 366. The molecule has 2 unspecified atom stereocenters. The molecule has 1 aromatic carbocycles. The van der Waals surface area contributed by atoms with Gasteiger partial charge in [0.05, 0.1) is 12.7 Å². The Morgan fingerprint density at radius 2 is 2.05 bits per heavy atom. The first kappa shape index (κ1) is 14.5. The Labute approximate surface area is 116 Å². The molecular weight excluding hydrogens is 236 g/mol. The number of hydrogen-bond donors (Lipinski definition) is 1. The lowest BCUT2D eigenvalue weighted by atomic mass is 9.96. The third-order valence-corrected chi connectivity index (χ3v) is 3.73. The van der Waals surface area contributed by atoms with Gasteiger partial charge >= 0.3 is 0 Å². The minimum atomic E-state index is 0.309. The molecule has 19 heavy (non-hydrogen) atoms. The molecule has 1 N–H and O–H groups in total. The molecule has 3 nitrogen and oxygen atoms in total. The summed E-state index contributed by atoms with van der Waals surface area (Å²) in [7, 11) is 2.16. The van der Waals surface area contributed by atoms with E-state index in [9.17, 15) is 0 Å². The molecule has 3 heteroatoms. The summed E-state index contributed by atoms with van der Waals surface area (Å²) in [6, 6.07) is 11.1. The van der Waals surface area contributed by atoms with Crippen molar-refractivity contribution in [3.63, 3.8) is 0 Å². The van der Waals surface area contributed by atoms with Crippen LogP contribution in [0.1, 0.15) is 25.5 Å². The number of ether oxygens (including phenoxy) is 1. The highest BCUT2D eigenvalue weighted by Crippen LogP contribution is 2.21. The first-order chi connectivity index (χ1) is 9.16. The van der Waals surface area contributed by atoms with Crippen molar-refractivity contribution in [2.45, 2.75) is 26.0 Å². The van der Waals surface area contributed by atoms with Gasteiger partial charge in [-0.05, 0) is 18.5 Å². The van der Waals surface area contributed by atoms with Gasteiger partial charge in [-0.15, -0.1) is 0 Å². The Hall–Kier alpha value is -0.900. The van der Waals surface area contributed by atoms with Crippen molar-refractivity contribution >= 4 is 0 Å². The second-order valence-electron chi connectivity index (χ2n) is 5.80. The smallest absolute Gasteiger partial charge is 0.0826 e. The molecule has 1 aliphatic heterocycles. The maximum atomic E-state index is 5.81. The number of hydrogen-bond acceptors (Lipinski definition) is 3. The molecule has 1 heterocycles. The van der Waals surface area contributed by atoms with Gasteiger partial charge in [0.15, 0.2) is 0 Å². The topological polar surface area (TPSA) is 24.5 Å². The third-order valence-electron chi connectivity index (χ3n) is 3.73. The van der Waals surface area contributed by atoms with E-state index in [0.29, 0.717) is 18.1 Å². The second kappa shape index (κ2) is 7.04. The molecule has 0 aromatic heterocycles. The van der Waals surface area contributed by atoms with E-state index in [1.54, 1.807) is 0 Å². The average molecular weight is 262 g/mol. The molecule has 1 aliphatic rings. The average Bonchev–Trinajstić information content (AvgIpc) is 2.40. The van der Waals surface area contributed by atoms with E-state index in [1.807, 2.05) is 0 Å². The quantitative estimate of drug-likeness (QED) is 0.881. The van der Waals surface area contributed by atoms with Crippen LogP contribution in [0.4, 0.5) is 0 Å². The van der Waals surface area contributed by atoms with Crippen molar-refractivity contribution < 1.29 is 4.74 Å². The maximum absolute atomic E-state index is 5.81. The van der Waals surface area contributed by atoms with Gasteiger partial charge in [0, 0.05) is 25.7 Å². The van der Waals surface area contributed by atoms with E-state index in [0.717, 1.165) is 26.2 Å². The van der Waals surface area contributed by atoms with Crippen molar-refractivity contribution in [3.8, 4) is 0 Å². The number of nitrogens with one attached hydrogen (secondary N) is 1. The van der Waals surface area contributed by atoms with Crippen molar-refractivity contribution in [2.75, 3.05) is 33.3 Å². The van der Waals surface area contributed by atoms with E-state index in [1.165, 1.54) is 5.56 Å². The molecule has 1 saturated heterocycles. The minimum absolute atomic E-state index is 0.309. The maximum Gasteiger partial charge on any atom is 0.0826 e. The molecule has 0 radical (unpaired) electrons. The molecule has 1 fully saturated rings. The molecule has 2 rings (SSSR count). The van der Waals surface area contributed by atoms with Crippen LogP contribution >= 0.6 is 0 Å². The van der Waals surface area contributed by atoms with Crippen LogP contribution in [0, 0.1) is 5.92 Å². The number of morpholine rings is 1. The summed E-state index contributed by atoms with van der Waals surface area (Å²) in [4.78, 5) is 2.34. The standard InChI is InChI=1S/C16H26N2O/c1-13(2)16(14-7-5-4-6-8-14)17-11-15-12-18(3)9-10-19-15/h4-8,13,15-17H,9-12H2,1-3H3. The van der Waals surface area contributed by atoms with Crippen molar-refractivity contribution in [3.05, 3.63) is 35.9 Å². The minimum Gasteiger partial charge on any atom is -0.374 e. The summed E-state index contributed by atoms with van der Waals surface area (Å²) < 4.78 is 5.81. The van der Waals surface area contributed by atoms with Crippen LogP contribution in [0.2, 0.25) is 0 Å². The van der Waals surface area contributed by atoms with Crippen molar-refractivity contribution in [2.24, 2.45) is 5.92 Å². The highest BCUT2D eigenvalue weighted by molar-refractivity contribution is 5.19. The predicted molar refractivity (Wildman–Crippen MR) is 79.3 cm³/mol. The van der Waals surface area contributed by atoms with Crippen LogP contribution < -0.4 is 5.32 Å². The van der Waals surface area contributed by atoms with Gasteiger partial charge in [0.25, 0.3) is 0 Å². The lowest BCUT2D eigenvalue weighted by Gasteiger charge is -2.32. The summed E-state index contributed by atoms with van der Waals surface area (Å²) in [6.45, 7) is 8.36. The first-order valence-corrected chi connectivity index (χ1v) is 7.25. The van der Waals surface area contributed by atoms with Gasteiger partial charge in [0.1, 0.15) is 0 Å². The monoisotopic (exact) mass is 262 g/mol. The lowest BCUT2D eigenvalue weighted by molar-refractivity contribution is -0.0199. The van der Waals surface area contributed by atoms with Crippen LogP contribution in [0.25, 0.3) is 0 Å². The SMILES string of the molecule is CC(C)C(NCC1CN(C)CCO1)c1ccccc1. The zero-order chi connectivity index (χ0) is 13.7. The summed E-state index contributed by atoms with van der Waals surface area (Å²) in [6.07, 6.45) is 0.309. The normalized spacial score (nSPS) is 22.6. The zero-order valence-electron chi connectivity index (χ0n) is 12.3. The molecular formula is C16H26N2O. The van der Waals surface area contributed by atoms with E-state index >= 15 is 0 Å². The fraction of sp³-hybridized carbons (Fsp3) is 0.625. The lowest BCUT2D eigenvalue weighted by Crippen LogP contribution is -2.45. The van der Waals surface area contributed by atoms with Crippen molar-refractivity contribution in [1.82, 2.24) is 10.2 Å². The predicted octanol–water partition coefficient (Wildman–Crippen LogP) is 2.30. The van der Waals surface area contributed by atoms with Gasteiger partial charge in [-0.2, -0.15) is 0 Å². The van der Waals surface area contributed by atoms with Gasteiger partial charge in [-0.3, -0.25) is 0 Å². The molecule has 0 amide bonds. The molecule has 0 aliphatic carbocycles. The summed E-state index contributed by atoms with van der Waals surface area (Å²) in [5.74, 6) is 0.573. The van der Waals surface area contributed by atoms with E-state index in [-0.39, 0.29) is 0 Å². The highest BCUT2D eigenvalue weighted by Gasteiger charge is 2.21. The first-order valence-electron chi connectivity index (χ1n) is 7.25. The Balaban J connectivity index is 1.91. The molecule has 106 valence electrons.